The van der Waals surface area contributed by atoms with E-state index in [2.05, 4.69) is 10.6 Å². The summed E-state index contributed by atoms with van der Waals surface area (Å²) in [7, 11) is 1.41. The summed E-state index contributed by atoms with van der Waals surface area (Å²) in [6.45, 7) is -0.0283. The Hall–Kier alpha value is -1.30. The number of carboxylic acids is 1. The summed E-state index contributed by atoms with van der Waals surface area (Å²) in [4.78, 5) is 22.6. The van der Waals surface area contributed by atoms with Gasteiger partial charge in [-0.25, -0.2) is 9.59 Å². The topological polar surface area (TPSA) is 87.7 Å². The van der Waals surface area contributed by atoms with Crippen LogP contribution in [-0.4, -0.2) is 42.9 Å². The molecule has 0 heterocycles. The molecule has 2 aliphatic rings. The van der Waals surface area contributed by atoms with E-state index in [9.17, 15) is 9.59 Å². The number of hydrogen-bond donors (Lipinski definition) is 3. The van der Waals surface area contributed by atoms with Crippen LogP contribution in [0.3, 0.4) is 0 Å². The molecule has 0 aromatic rings. The maximum absolute atomic E-state index is 11.7. The second-order valence-corrected chi connectivity index (χ2v) is 5.25. The first kappa shape index (κ1) is 13.1. The van der Waals surface area contributed by atoms with Crippen LogP contribution in [-0.2, 0) is 9.53 Å². The van der Waals surface area contributed by atoms with Crippen molar-refractivity contribution in [2.75, 3.05) is 13.7 Å². The van der Waals surface area contributed by atoms with Gasteiger partial charge in [-0.3, -0.25) is 0 Å². The van der Waals surface area contributed by atoms with E-state index in [1.165, 1.54) is 26.4 Å². The number of carbonyl (C=O) groups excluding carboxylic acids is 1. The molecule has 2 saturated carbocycles. The Labute approximate surface area is 106 Å². The number of aliphatic carboxylic acids is 1. The minimum absolute atomic E-state index is 0.0283. The Kier molecular flexibility index (Phi) is 4.06. The highest BCUT2D eigenvalue weighted by molar-refractivity contribution is 5.82. The lowest BCUT2D eigenvalue weighted by Crippen LogP contribution is -2.51. The fraction of sp³-hybridized carbons (Fsp3) is 0.833. The number of nitrogens with one attached hydrogen (secondary N) is 2. The first-order chi connectivity index (χ1) is 8.60. The van der Waals surface area contributed by atoms with Crippen molar-refractivity contribution >= 4 is 12.0 Å². The van der Waals surface area contributed by atoms with E-state index < -0.39 is 18.0 Å². The molecule has 0 aromatic carbocycles. The summed E-state index contributed by atoms with van der Waals surface area (Å²) in [6.07, 6.45) is 4.67. The molecule has 2 bridgehead atoms. The maximum Gasteiger partial charge on any atom is 0.328 e. The van der Waals surface area contributed by atoms with Crippen LogP contribution >= 0.6 is 0 Å². The first-order valence-corrected chi connectivity index (χ1v) is 6.39. The highest BCUT2D eigenvalue weighted by Gasteiger charge is 2.40. The minimum Gasteiger partial charge on any atom is -0.480 e. The van der Waals surface area contributed by atoms with Gasteiger partial charge in [-0.2, -0.15) is 0 Å². The van der Waals surface area contributed by atoms with E-state index in [0.717, 1.165) is 12.3 Å². The molecule has 6 heteroatoms. The number of carboxylic acid groups (broad SMARTS) is 1. The molecule has 102 valence electrons. The molecular weight excluding hydrogens is 236 g/mol. The average molecular weight is 256 g/mol. The van der Waals surface area contributed by atoms with E-state index in [4.69, 9.17) is 9.84 Å². The molecule has 4 atom stereocenters. The Morgan fingerprint density at radius 3 is 2.67 bits per heavy atom. The molecule has 0 aromatic heterocycles. The van der Waals surface area contributed by atoms with Crippen molar-refractivity contribution in [3.8, 4) is 0 Å². The molecule has 4 unspecified atom stereocenters. The van der Waals surface area contributed by atoms with Crippen molar-refractivity contribution < 1.29 is 19.4 Å². The first-order valence-electron chi connectivity index (χ1n) is 6.39. The molecule has 2 aliphatic carbocycles. The molecule has 3 N–H and O–H groups in total. The molecule has 0 radical (unpaired) electrons. The number of hydrogen-bond acceptors (Lipinski definition) is 3. The van der Waals surface area contributed by atoms with Gasteiger partial charge < -0.3 is 20.5 Å². The van der Waals surface area contributed by atoms with Gasteiger partial charge in [-0.1, -0.05) is 6.42 Å². The molecule has 0 saturated heterocycles. The van der Waals surface area contributed by atoms with E-state index >= 15 is 0 Å². The van der Waals surface area contributed by atoms with Gasteiger partial charge >= 0.3 is 12.0 Å². The van der Waals surface area contributed by atoms with E-state index in [1.54, 1.807) is 0 Å². The van der Waals surface area contributed by atoms with E-state index in [1.807, 2.05) is 0 Å². The number of amides is 2. The van der Waals surface area contributed by atoms with Gasteiger partial charge in [0.1, 0.15) is 0 Å². The SMILES string of the molecule is COCC(NC(=O)NC1CC2CCC1C2)C(=O)O. The van der Waals surface area contributed by atoms with Crippen LogP contribution in [0.25, 0.3) is 0 Å². The lowest BCUT2D eigenvalue weighted by molar-refractivity contribution is -0.140. The lowest BCUT2D eigenvalue weighted by atomic mass is 9.95. The van der Waals surface area contributed by atoms with Gasteiger partial charge in [0.15, 0.2) is 6.04 Å². The van der Waals surface area contributed by atoms with Crippen LogP contribution < -0.4 is 10.6 Å². The van der Waals surface area contributed by atoms with E-state index in [0.29, 0.717) is 5.92 Å². The Balaban J connectivity index is 1.79. The highest BCUT2D eigenvalue weighted by Crippen LogP contribution is 2.44. The molecule has 2 fully saturated rings. The van der Waals surface area contributed by atoms with Crippen LogP contribution in [0.1, 0.15) is 25.7 Å². The summed E-state index contributed by atoms with van der Waals surface area (Å²) >= 11 is 0. The van der Waals surface area contributed by atoms with E-state index in [-0.39, 0.29) is 12.6 Å². The van der Waals surface area contributed by atoms with Crippen molar-refractivity contribution in [2.24, 2.45) is 11.8 Å². The summed E-state index contributed by atoms with van der Waals surface area (Å²) in [6, 6.07) is -1.19. The smallest absolute Gasteiger partial charge is 0.328 e. The molecule has 0 spiro atoms. The predicted molar refractivity (Wildman–Crippen MR) is 64.2 cm³/mol. The van der Waals surface area contributed by atoms with Crippen molar-refractivity contribution in [1.82, 2.24) is 10.6 Å². The van der Waals surface area contributed by atoms with Crippen LogP contribution in [0, 0.1) is 11.8 Å². The number of urea groups is 1. The number of methoxy groups -OCH3 is 1. The number of fused-ring (bicyclic) bond motifs is 2. The summed E-state index contributed by atoms with van der Waals surface area (Å²) < 4.78 is 4.76. The zero-order chi connectivity index (χ0) is 13.1. The van der Waals surface area contributed by atoms with Gasteiger partial charge in [-0.15, -0.1) is 0 Å². The number of carbonyl (C=O) groups is 2. The Bertz CT molecular complexity index is 334. The zero-order valence-corrected chi connectivity index (χ0v) is 10.5. The van der Waals surface area contributed by atoms with Crippen molar-refractivity contribution in [3.05, 3.63) is 0 Å². The predicted octanol–water partition coefficient (Wildman–Crippen LogP) is 0.574. The van der Waals surface area contributed by atoms with Gasteiger partial charge in [0.05, 0.1) is 6.61 Å². The summed E-state index contributed by atoms with van der Waals surface area (Å²) in [5, 5.41) is 14.2. The highest BCUT2D eigenvalue weighted by atomic mass is 16.5. The molecular formula is C12H20N2O4. The third-order valence-electron chi connectivity index (χ3n) is 3.99. The maximum atomic E-state index is 11.7. The lowest BCUT2D eigenvalue weighted by Gasteiger charge is -2.24. The van der Waals surface area contributed by atoms with Gasteiger partial charge in [0.25, 0.3) is 0 Å². The Morgan fingerprint density at radius 1 is 1.39 bits per heavy atom. The standard InChI is InChI=1S/C12H20N2O4/c1-18-6-10(11(15)16)14-12(17)13-9-5-7-2-3-8(9)4-7/h7-10H,2-6H2,1H3,(H,15,16)(H2,13,14,17). The number of ether oxygens (including phenoxy) is 1. The molecule has 2 rings (SSSR count). The van der Waals surface area contributed by atoms with Gasteiger partial charge in [0.2, 0.25) is 0 Å². The van der Waals surface area contributed by atoms with Crippen molar-refractivity contribution in [2.45, 2.75) is 37.8 Å². The fourth-order valence-corrected chi connectivity index (χ4v) is 3.13. The van der Waals surface area contributed by atoms with Crippen LogP contribution in [0.2, 0.25) is 0 Å². The third kappa shape index (κ3) is 2.93. The molecule has 2 amide bonds. The summed E-state index contributed by atoms with van der Waals surface area (Å²) in [5.74, 6) is 0.237. The fourth-order valence-electron chi connectivity index (χ4n) is 3.13. The monoisotopic (exact) mass is 256 g/mol. The quantitative estimate of drug-likeness (QED) is 0.671. The average Bonchev–Trinajstić information content (AvgIpc) is 2.90. The second kappa shape index (κ2) is 5.56. The molecule has 6 nitrogen and oxygen atoms in total. The van der Waals surface area contributed by atoms with Gasteiger partial charge in [0, 0.05) is 13.2 Å². The Morgan fingerprint density at radius 2 is 2.17 bits per heavy atom. The minimum atomic E-state index is -1.08. The van der Waals surface area contributed by atoms with Crippen molar-refractivity contribution in [1.29, 1.82) is 0 Å². The normalized spacial score (nSPS) is 31.1. The van der Waals surface area contributed by atoms with Crippen LogP contribution in [0.4, 0.5) is 4.79 Å². The molecule has 18 heavy (non-hydrogen) atoms. The van der Waals surface area contributed by atoms with Crippen molar-refractivity contribution in [3.63, 3.8) is 0 Å². The van der Waals surface area contributed by atoms with Crippen LogP contribution in [0.15, 0.2) is 0 Å². The third-order valence-corrected chi connectivity index (χ3v) is 3.99. The summed E-state index contributed by atoms with van der Waals surface area (Å²) in [5.41, 5.74) is 0. The number of rotatable bonds is 5. The van der Waals surface area contributed by atoms with Gasteiger partial charge in [-0.05, 0) is 31.1 Å². The second-order valence-electron chi connectivity index (χ2n) is 5.25. The van der Waals surface area contributed by atoms with Crippen LogP contribution in [0.5, 0.6) is 0 Å². The largest absolute Gasteiger partial charge is 0.480 e. The molecule has 0 aliphatic heterocycles. The zero-order valence-electron chi connectivity index (χ0n) is 10.5.